The summed E-state index contributed by atoms with van der Waals surface area (Å²) in [6, 6.07) is 4.47. The summed E-state index contributed by atoms with van der Waals surface area (Å²) in [6.45, 7) is 7.22. The summed E-state index contributed by atoms with van der Waals surface area (Å²) in [4.78, 5) is 4.04. The molecule has 0 fully saturated rings. The Morgan fingerprint density at radius 3 is 2.41 bits per heavy atom. The maximum Gasteiger partial charge on any atom is 0.0753 e. The summed E-state index contributed by atoms with van der Waals surface area (Å²) in [7, 11) is 2.00. The summed E-state index contributed by atoms with van der Waals surface area (Å²) >= 11 is 0. The molecule has 0 amide bonds. The number of likely N-dealkylation sites (N-methyl/N-ethyl adjacent to an activating group) is 1. The first-order valence-corrected chi connectivity index (χ1v) is 6.36. The van der Waals surface area contributed by atoms with Crippen LogP contribution in [0.25, 0.3) is 0 Å². The third-order valence-electron chi connectivity index (χ3n) is 2.99. The normalized spacial score (nSPS) is 14.9. The first-order valence-electron chi connectivity index (χ1n) is 6.36. The summed E-state index contributed by atoms with van der Waals surface area (Å²) in [5, 5.41) is 3.37. The van der Waals surface area contributed by atoms with Gasteiger partial charge in [-0.3, -0.25) is 4.98 Å². The molecule has 1 aromatic heterocycles. The Hall–Kier alpha value is -0.930. The van der Waals surface area contributed by atoms with E-state index in [2.05, 4.69) is 43.2 Å². The van der Waals surface area contributed by atoms with Crippen LogP contribution in [0.3, 0.4) is 0 Å². The van der Waals surface area contributed by atoms with Crippen LogP contribution in [0.2, 0.25) is 0 Å². The van der Waals surface area contributed by atoms with Crippen LogP contribution in [0.5, 0.6) is 0 Å². The summed E-state index contributed by atoms with van der Waals surface area (Å²) < 4.78 is 5.85. The molecule has 1 N–H and O–H groups in total. The van der Waals surface area contributed by atoms with Crippen LogP contribution in [-0.2, 0) is 11.2 Å². The van der Waals surface area contributed by atoms with Crippen LogP contribution >= 0.6 is 0 Å². The Bertz CT molecular complexity index is 300. The molecule has 0 bridgehead atoms. The molecule has 0 aliphatic carbocycles. The Labute approximate surface area is 105 Å². The van der Waals surface area contributed by atoms with Gasteiger partial charge in [0.05, 0.1) is 6.10 Å². The van der Waals surface area contributed by atoms with Crippen molar-refractivity contribution in [2.75, 3.05) is 13.7 Å². The van der Waals surface area contributed by atoms with Crippen molar-refractivity contribution in [1.82, 2.24) is 10.3 Å². The number of hydrogen-bond acceptors (Lipinski definition) is 3. The van der Waals surface area contributed by atoms with E-state index in [1.54, 1.807) is 0 Å². The fourth-order valence-electron chi connectivity index (χ4n) is 2.12. The van der Waals surface area contributed by atoms with Crippen LogP contribution in [0.1, 0.15) is 26.3 Å². The van der Waals surface area contributed by atoms with Gasteiger partial charge >= 0.3 is 0 Å². The number of aromatic nitrogens is 1. The van der Waals surface area contributed by atoms with Gasteiger partial charge in [-0.1, -0.05) is 13.8 Å². The monoisotopic (exact) mass is 236 g/mol. The Morgan fingerprint density at radius 1 is 1.29 bits per heavy atom. The minimum absolute atomic E-state index is 0.248. The second kappa shape index (κ2) is 7.41. The van der Waals surface area contributed by atoms with Gasteiger partial charge in [0.1, 0.15) is 0 Å². The maximum atomic E-state index is 5.85. The van der Waals surface area contributed by atoms with E-state index in [1.807, 2.05) is 19.4 Å². The molecule has 0 radical (unpaired) electrons. The predicted molar refractivity (Wildman–Crippen MR) is 71.0 cm³/mol. The highest BCUT2D eigenvalue weighted by atomic mass is 16.5. The zero-order valence-electron chi connectivity index (χ0n) is 11.3. The van der Waals surface area contributed by atoms with Gasteiger partial charge in [0, 0.05) is 25.0 Å². The lowest BCUT2D eigenvalue weighted by Gasteiger charge is -2.30. The lowest BCUT2D eigenvalue weighted by Crippen LogP contribution is -2.44. The van der Waals surface area contributed by atoms with Crippen molar-refractivity contribution in [2.24, 2.45) is 5.92 Å². The second-order valence-electron chi connectivity index (χ2n) is 4.62. The van der Waals surface area contributed by atoms with E-state index in [4.69, 9.17) is 4.74 Å². The van der Waals surface area contributed by atoms with Gasteiger partial charge in [-0.15, -0.1) is 0 Å². The molecule has 17 heavy (non-hydrogen) atoms. The molecule has 1 heterocycles. The Balaban J connectivity index is 2.69. The number of pyridine rings is 1. The third kappa shape index (κ3) is 4.44. The van der Waals surface area contributed by atoms with Gasteiger partial charge in [-0.25, -0.2) is 0 Å². The molecule has 2 unspecified atom stereocenters. The predicted octanol–water partition coefficient (Wildman–Crippen LogP) is 2.27. The molecule has 0 aromatic carbocycles. The maximum absolute atomic E-state index is 5.85. The third-order valence-corrected chi connectivity index (χ3v) is 2.99. The molecule has 0 saturated carbocycles. The summed E-state index contributed by atoms with van der Waals surface area (Å²) in [5.74, 6) is 0.509. The Kier molecular flexibility index (Phi) is 6.16. The molecule has 0 saturated heterocycles. The van der Waals surface area contributed by atoms with Gasteiger partial charge in [0.25, 0.3) is 0 Å². The molecule has 0 spiro atoms. The van der Waals surface area contributed by atoms with Gasteiger partial charge < -0.3 is 10.1 Å². The fraction of sp³-hybridized carbons (Fsp3) is 0.643. The van der Waals surface area contributed by atoms with E-state index < -0.39 is 0 Å². The minimum Gasteiger partial charge on any atom is -0.377 e. The van der Waals surface area contributed by atoms with Gasteiger partial charge in [0.15, 0.2) is 0 Å². The van der Waals surface area contributed by atoms with Crippen LogP contribution in [0, 0.1) is 5.92 Å². The van der Waals surface area contributed by atoms with Crippen molar-refractivity contribution in [2.45, 2.75) is 39.3 Å². The molecule has 3 heteroatoms. The molecular weight excluding hydrogens is 212 g/mol. The van der Waals surface area contributed by atoms with Crippen LogP contribution in [0.15, 0.2) is 24.5 Å². The number of nitrogens with one attached hydrogen (secondary N) is 1. The van der Waals surface area contributed by atoms with E-state index in [0.29, 0.717) is 12.0 Å². The lowest BCUT2D eigenvalue weighted by atomic mass is 9.94. The molecular formula is C14H24N2O. The molecule has 0 aliphatic rings. The minimum atomic E-state index is 0.248. The summed E-state index contributed by atoms with van der Waals surface area (Å²) in [6.07, 6.45) is 4.90. The number of rotatable bonds is 7. The number of ether oxygens (including phenoxy) is 1. The fourth-order valence-corrected chi connectivity index (χ4v) is 2.12. The standard InChI is InChI=1S/C14H24N2O/c1-5-17-14(11(2)3)13(15-4)10-12-6-8-16-9-7-12/h6-9,11,13-15H,5,10H2,1-4H3. The first-order chi connectivity index (χ1) is 8.19. The van der Waals surface area contributed by atoms with Crippen LogP contribution < -0.4 is 5.32 Å². The quantitative estimate of drug-likeness (QED) is 0.788. The molecule has 1 aromatic rings. The first kappa shape index (κ1) is 14.1. The highest BCUT2D eigenvalue weighted by molar-refractivity contribution is 5.12. The highest BCUT2D eigenvalue weighted by Gasteiger charge is 2.23. The molecule has 0 aliphatic heterocycles. The van der Waals surface area contributed by atoms with Crippen molar-refractivity contribution >= 4 is 0 Å². The van der Waals surface area contributed by atoms with Crippen LogP contribution in [0.4, 0.5) is 0 Å². The smallest absolute Gasteiger partial charge is 0.0753 e. The van der Waals surface area contributed by atoms with Crippen molar-refractivity contribution in [1.29, 1.82) is 0 Å². The second-order valence-corrected chi connectivity index (χ2v) is 4.62. The van der Waals surface area contributed by atoms with Crippen molar-refractivity contribution in [3.05, 3.63) is 30.1 Å². The SMILES string of the molecule is CCOC(C(C)C)C(Cc1ccncc1)NC. The number of hydrogen-bond donors (Lipinski definition) is 1. The molecule has 3 nitrogen and oxygen atoms in total. The van der Waals surface area contributed by atoms with E-state index in [0.717, 1.165) is 13.0 Å². The van der Waals surface area contributed by atoms with Crippen LogP contribution in [-0.4, -0.2) is 30.8 Å². The van der Waals surface area contributed by atoms with Crippen molar-refractivity contribution in [3.63, 3.8) is 0 Å². The van der Waals surface area contributed by atoms with E-state index in [9.17, 15) is 0 Å². The van der Waals surface area contributed by atoms with Gasteiger partial charge in [-0.05, 0) is 44.0 Å². The molecule has 1 rings (SSSR count). The average Bonchev–Trinajstić information content (AvgIpc) is 2.34. The highest BCUT2D eigenvalue weighted by Crippen LogP contribution is 2.15. The largest absolute Gasteiger partial charge is 0.377 e. The molecule has 96 valence electrons. The average molecular weight is 236 g/mol. The molecule has 2 atom stereocenters. The van der Waals surface area contributed by atoms with Crippen molar-refractivity contribution < 1.29 is 4.74 Å². The van der Waals surface area contributed by atoms with Gasteiger partial charge in [-0.2, -0.15) is 0 Å². The van der Waals surface area contributed by atoms with Gasteiger partial charge in [0.2, 0.25) is 0 Å². The number of nitrogens with zero attached hydrogens (tertiary/aromatic N) is 1. The van der Waals surface area contributed by atoms with Crippen molar-refractivity contribution in [3.8, 4) is 0 Å². The topological polar surface area (TPSA) is 34.1 Å². The zero-order chi connectivity index (χ0) is 12.7. The summed E-state index contributed by atoms with van der Waals surface area (Å²) in [5.41, 5.74) is 1.30. The van der Waals surface area contributed by atoms with E-state index in [1.165, 1.54) is 5.56 Å². The van der Waals surface area contributed by atoms with E-state index in [-0.39, 0.29) is 6.10 Å². The Morgan fingerprint density at radius 2 is 1.94 bits per heavy atom. The lowest BCUT2D eigenvalue weighted by molar-refractivity contribution is 0.00535. The zero-order valence-corrected chi connectivity index (χ0v) is 11.3. The van der Waals surface area contributed by atoms with E-state index >= 15 is 0 Å².